The summed E-state index contributed by atoms with van der Waals surface area (Å²) < 4.78 is 1.85. The van der Waals surface area contributed by atoms with Crippen LogP contribution >= 0.6 is 0 Å². The van der Waals surface area contributed by atoms with Gasteiger partial charge in [0, 0.05) is 26.3 Å². The number of para-hydroxylation sites is 1. The van der Waals surface area contributed by atoms with E-state index in [1.165, 1.54) is 0 Å². The molecule has 0 saturated carbocycles. The number of carbonyl (C=O) groups excluding carboxylic acids is 1. The molecular formula is C15H18N4O. The summed E-state index contributed by atoms with van der Waals surface area (Å²) in [4.78, 5) is 13.6. The van der Waals surface area contributed by atoms with Crippen molar-refractivity contribution in [2.75, 3.05) is 13.6 Å². The Morgan fingerprint density at radius 2 is 2.10 bits per heavy atom. The number of likely N-dealkylation sites (N-methyl/N-ethyl adjacent to an activating group) is 1. The van der Waals surface area contributed by atoms with E-state index >= 15 is 0 Å². The van der Waals surface area contributed by atoms with E-state index in [0.29, 0.717) is 6.54 Å². The Hall–Kier alpha value is -2.14. The Labute approximate surface area is 118 Å². The minimum atomic E-state index is -0.0677. The van der Waals surface area contributed by atoms with Crippen LogP contribution in [0.25, 0.3) is 5.69 Å². The van der Waals surface area contributed by atoms with Gasteiger partial charge in [-0.2, -0.15) is 5.10 Å². The standard InChI is InChI=1S/C15H18N4O/c1-18-9-8-14(15(18)20)16-11-12-7-10-19(17-12)13-5-3-2-4-6-13/h2-7,10,14,16H,8-9,11H2,1H3. The summed E-state index contributed by atoms with van der Waals surface area (Å²) in [5, 5.41) is 7.79. The van der Waals surface area contributed by atoms with Gasteiger partial charge in [-0.25, -0.2) is 4.68 Å². The van der Waals surface area contributed by atoms with Crippen LogP contribution in [0, 0.1) is 0 Å². The van der Waals surface area contributed by atoms with Crippen molar-refractivity contribution < 1.29 is 4.79 Å². The molecule has 1 aliphatic heterocycles. The molecule has 1 aliphatic rings. The topological polar surface area (TPSA) is 50.2 Å². The lowest BCUT2D eigenvalue weighted by molar-refractivity contribution is -0.128. The first-order valence-electron chi connectivity index (χ1n) is 6.82. The Morgan fingerprint density at radius 1 is 1.30 bits per heavy atom. The molecule has 0 radical (unpaired) electrons. The third-order valence-electron chi connectivity index (χ3n) is 3.62. The van der Waals surface area contributed by atoms with Crippen LogP contribution < -0.4 is 5.32 Å². The SMILES string of the molecule is CN1CCC(NCc2ccn(-c3ccccc3)n2)C1=O. The summed E-state index contributed by atoms with van der Waals surface area (Å²) in [6, 6.07) is 11.9. The van der Waals surface area contributed by atoms with Crippen molar-refractivity contribution in [1.82, 2.24) is 20.0 Å². The Kier molecular flexibility index (Phi) is 3.52. The van der Waals surface area contributed by atoms with Gasteiger partial charge in [0.1, 0.15) is 0 Å². The van der Waals surface area contributed by atoms with Gasteiger partial charge in [-0.1, -0.05) is 18.2 Å². The molecule has 1 saturated heterocycles. The molecule has 5 nitrogen and oxygen atoms in total. The van der Waals surface area contributed by atoms with Gasteiger partial charge in [0.2, 0.25) is 5.91 Å². The minimum absolute atomic E-state index is 0.0677. The second-order valence-corrected chi connectivity index (χ2v) is 5.07. The molecular weight excluding hydrogens is 252 g/mol. The highest BCUT2D eigenvalue weighted by Gasteiger charge is 2.28. The number of rotatable bonds is 4. The van der Waals surface area contributed by atoms with E-state index in [4.69, 9.17) is 0 Å². The average molecular weight is 270 g/mol. The normalized spacial score (nSPS) is 18.8. The van der Waals surface area contributed by atoms with Gasteiger partial charge in [-0.3, -0.25) is 4.79 Å². The van der Waals surface area contributed by atoms with Crippen LogP contribution in [-0.2, 0) is 11.3 Å². The highest BCUT2D eigenvalue weighted by Crippen LogP contribution is 2.10. The first-order chi connectivity index (χ1) is 9.74. The highest BCUT2D eigenvalue weighted by atomic mass is 16.2. The predicted octanol–water partition coefficient (Wildman–Crippen LogP) is 1.19. The predicted molar refractivity (Wildman–Crippen MR) is 76.4 cm³/mol. The van der Waals surface area contributed by atoms with Gasteiger partial charge < -0.3 is 10.2 Å². The highest BCUT2D eigenvalue weighted by molar-refractivity contribution is 5.83. The molecule has 0 spiro atoms. The maximum atomic E-state index is 11.8. The zero-order valence-electron chi connectivity index (χ0n) is 11.5. The fraction of sp³-hybridized carbons (Fsp3) is 0.333. The lowest BCUT2D eigenvalue weighted by Gasteiger charge is -2.10. The van der Waals surface area contributed by atoms with Crippen LogP contribution in [-0.4, -0.2) is 40.2 Å². The molecule has 2 heterocycles. The number of amides is 1. The lowest BCUT2D eigenvalue weighted by Crippen LogP contribution is -2.36. The average Bonchev–Trinajstić information content (AvgIpc) is 3.07. The van der Waals surface area contributed by atoms with Crippen LogP contribution in [0.4, 0.5) is 0 Å². The van der Waals surface area contributed by atoms with Crippen LogP contribution in [0.5, 0.6) is 0 Å². The molecule has 0 aliphatic carbocycles. The molecule has 5 heteroatoms. The Morgan fingerprint density at radius 3 is 2.80 bits per heavy atom. The van der Waals surface area contributed by atoms with Crippen LogP contribution in [0.2, 0.25) is 0 Å². The Balaban J connectivity index is 1.62. The van der Waals surface area contributed by atoms with Gasteiger partial charge in [-0.15, -0.1) is 0 Å². The molecule has 2 aromatic rings. The summed E-state index contributed by atoms with van der Waals surface area (Å²) in [5.41, 5.74) is 1.98. The fourth-order valence-electron chi connectivity index (χ4n) is 2.42. The molecule has 1 atom stereocenters. The van der Waals surface area contributed by atoms with Crippen molar-refractivity contribution in [2.45, 2.75) is 19.0 Å². The molecule has 3 rings (SSSR count). The van der Waals surface area contributed by atoms with E-state index in [1.807, 2.05) is 54.3 Å². The van der Waals surface area contributed by atoms with E-state index in [9.17, 15) is 4.79 Å². The number of hydrogen-bond acceptors (Lipinski definition) is 3. The third kappa shape index (κ3) is 2.58. The van der Waals surface area contributed by atoms with E-state index < -0.39 is 0 Å². The molecule has 1 amide bonds. The van der Waals surface area contributed by atoms with E-state index in [0.717, 1.165) is 24.3 Å². The maximum absolute atomic E-state index is 11.8. The molecule has 20 heavy (non-hydrogen) atoms. The number of likely N-dealkylation sites (tertiary alicyclic amines) is 1. The van der Waals surface area contributed by atoms with Crippen molar-refractivity contribution in [3.63, 3.8) is 0 Å². The molecule has 1 N–H and O–H groups in total. The minimum Gasteiger partial charge on any atom is -0.344 e. The van der Waals surface area contributed by atoms with E-state index in [2.05, 4.69) is 10.4 Å². The van der Waals surface area contributed by atoms with Gasteiger partial charge >= 0.3 is 0 Å². The third-order valence-corrected chi connectivity index (χ3v) is 3.62. The maximum Gasteiger partial charge on any atom is 0.239 e. The van der Waals surface area contributed by atoms with Crippen LogP contribution in [0.15, 0.2) is 42.6 Å². The number of nitrogens with one attached hydrogen (secondary N) is 1. The summed E-state index contributed by atoms with van der Waals surface area (Å²) in [5.74, 6) is 0.174. The molecule has 1 unspecified atom stereocenters. The van der Waals surface area contributed by atoms with Crippen molar-refractivity contribution in [2.24, 2.45) is 0 Å². The van der Waals surface area contributed by atoms with Crippen molar-refractivity contribution in [3.8, 4) is 5.69 Å². The first-order valence-corrected chi connectivity index (χ1v) is 6.82. The molecule has 0 bridgehead atoms. The van der Waals surface area contributed by atoms with Crippen LogP contribution in [0.1, 0.15) is 12.1 Å². The summed E-state index contributed by atoms with van der Waals surface area (Å²) >= 11 is 0. The second kappa shape index (κ2) is 5.46. The van der Waals surface area contributed by atoms with Gasteiger partial charge in [0.25, 0.3) is 0 Å². The number of nitrogens with zero attached hydrogens (tertiary/aromatic N) is 3. The second-order valence-electron chi connectivity index (χ2n) is 5.07. The van der Waals surface area contributed by atoms with Crippen molar-refractivity contribution in [3.05, 3.63) is 48.3 Å². The smallest absolute Gasteiger partial charge is 0.239 e. The summed E-state index contributed by atoms with van der Waals surface area (Å²) in [6.07, 6.45) is 2.81. The zero-order valence-corrected chi connectivity index (χ0v) is 11.5. The Bertz CT molecular complexity index is 593. The van der Waals surface area contributed by atoms with Gasteiger partial charge in [-0.05, 0) is 24.6 Å². The van der Waals surface area contributed by atoms with Crippen molar-refractivity contribution in [1.29, 1.82) is 0 Å². The molecule has 104 valence electrons. The zero-order chi connectivity index (χ0) is 13.9. The quantitative estimate of drug-likeness (QED) is 0.908. The number of hydrogen-bond donors (Lipinski definition) is 1. The van der Waals surface area contributed by atoms with E-state index in [-0.39, 0.29) is 11.9 Å². The number of benzene rings is 1. The fourth-order valence-corrected chi connectivity index (χ4v) is 2.42. The summed E-state index contributed by atoms with van der Waals surface area (Å²) in [7, 11) is 1.84. The monoisotopic (exact) mass is 270 g/mol. The number of carbonyl (C=O) groups is 1. The van der Waals surface area contributed by atoms with Crippen LogP contribution in [0.3, 0.4) is 0 Å². The molecule has 1 aromatic carbocycles. The number of aromatic nitrogens is 2. The van der Waals surface area contributed by atoms with Gasteiger partial charge in [0.05, 0.1) is 17.4 Å². The molecule has 1 fully saturated rings. The summed E-state index contributed by atoms with van der Waals surface area (Å²) in [6.45, 7) is 1.44. The van der Waals surface area contributed by atoms with Gasteiger partial charge in [0.15, 0.2) is 0 Å². The first kappa shape index (κ1) is 12.9. The van der Waals surface area contributed by atoms with E-state index in [1.54, 1.807) is 4.90 Å². The lowest BCUT2D eigenvalue weighted by atomic mass is 10.2. The molecule has 1 aromatic heterocycles. The largest absolute Gasteiger partial charge is 0.344 e. The van der Waals surface area contributed by atoms with Crippen molar-refractivity contribution >= 4 is 5.91 Å².